The molecule has 0 atom stereocenters. The van der Waals surface area contributed by atoms with Crippen molar-refractivity contribution in [3.8, 4) is 0 Å². The Hall–Kier alpha value is -2.90. The Kier molecular flexibility index (Phi) is 7.82. The molecule has 0 saturated carbocycles. The molecule has 0 bridgehead atoms. The van der Waals surface area contributed by atoms with E-state index >= 15 is 0 Å². The number of hydrogen-bond donors (Lipinski definition) is 3. The van der Waals surface area contributed by atoms with E-state index in [0.717, 1.165) is 49.8 Å². The topological polar surface area (TPSA) is 92.0 Å². The lowest BCUT2D eigenvalue weighted by molar-refractivity contribution is -0.116. The Morgan fingerprint density at radius 3 is 2.60 bits per heavy atom. The van der Waals surface area contributed by atoms with Gasteiger partial charge in [0.25, 0.3) is 0 Å². The number of anilines is 2. The van der Waals surface area contributed by atoms with Crippen molar-refractivity contribution in [2.45, 2.75) is 26.8 Å². The first-order valence-corrected chi connectivity index (χ1v) is 10.3. The summed E-state index contributed by atoms with van der Waals surface area (Å²) in [6.07, 6.45) is 0.467. The lowest BCUT2D eigenvalue weighted by atomic mass is 10.1. The minimum atomic E-state index is 0.0121. The van der Waals surface area contributed by atoms with Gasteiger partial charge in [-0.3, -0.25) is 9.69 Å². The normalized spacial score (nSPS) is 15.1. The highest BCUT2D eigenvalue weighted by Crippen LogP contribution is 2.15. The predicted octanol–water partition coefficient (Wildman–Crippen LogP) is 2.89. The number of amides is 1. The van der Waals surface area contributed by atoms with Gasteiger partial charge in [0, 0.05) is 37.4 Å². The molecule has 1 aliphatic heterocycles. The molecular weight excluding hydrogens is 378 g/mol. The van der Waals surface area contributed by atoms with E-state index in [1.165, 1.54) is 11.1 Å². The number of morpholine rings is 1. The van der Waals surface area contributed by atoms with Crippen molar-refractivity contribution in [1.29, 1.82) is 0 Å². The zero-order valence-electron chi connectivity index (χ0n) is 17.8. The van der Waals surface area contributed by atoms with Crippen LogP contribution in [0.5, 0.6) is 0 Å². The highest BCUT2D eigenvalue weighted by molar-refractivity contribution is 5.92. The van der Waals surface area contributed by atoms with Crippen LogP contribution in [0.3, 0.4) is 0 Å². The van der Waals surface area contributed by atoms with Gasteiger partial charge < -0.3 is 21.1 Å². The molecule has 30 heavy (non-hydrogen) atoms. The molecule has 160 valence electrons. The molecule has 1 heterocycles. The molecule has 2 aromatic carbocycles. The fourth-order valence-electron chi connectivity index (χ4n) is 3.24. The van der Waals surface area contributed by atoms with E-state index in [4.69, 9.17) is 10.5 Å². The second kappa shape index (κ2) is 10.8. The van der Waals surface area contributed by atoms with Crippen LogP contribution in [0.15, 0.2) is 47.5 Å². The van der Waals surface area contributed by atoms with Crippen molar-refractivity contribution in [3.63, 3.8) is 0 Å². The van der Waals surface area contributed by atoms with Gasteiger partial charge in [-0.05, 0) is 54.8 Å². The molecular formula is C23H31N5O2. The molecule has 1 saturated heterocycles. The predicted molar refractivity (Wildman–Crippen MR) is 122 cm³/mol. The molecule has 7 heteroatoms. The van der Waals surface area contributed by atoms with Gasteiger partial charge in [0.05, 0.1) is 19.8 Å². The number of ether oxygens (including phenoxy) is 1. The van der Waals surface area contributed by atoms with Crippen LogP contribution in [-0.2, 0) is 16.1 Å². The average molecular weight is 410 g/mol. The Balaban J connectivity index is 1.49. The Morgan fingerprint density at radius 1 is 1.07 bits per heavy atom. The number of hydrogen-bond acceptors (Lipinski definition) is 4. The van der Waals surface area contributed by atoms with Gasteiger partial charge in [-0.2, -0.15) is 0 Å². The number of benzene rings is 2. The summed E-state index contributed by atoms with van der Waals surface area (Å²) in [5.41, 5.74) is 11.1. The molecule has 1 fully saturated rings. The molecule has 0 unspecified atom stereocenters. The molecule has 2 aromatic rings. The first-order valence-electron chi connectivity index (χ1n) is 10.3. The maximum Gasteiger partial charge on any atom is 0.225 e. The second-order valence-electron chi connectivity index (χ2n) is 7.58. The molecule has 1 amide bonds. The molecule has 0 aliphatic carbocycles. The molecule has 0 aromatic heterocycles. The number of aryl methyl sites for hydroxylation is 2. The van der Waals surface area contributed by atoms with Crippen molar-refractivity contribution in [3.05, 3.63) is 59.2 Å². The summed E-state index contributed by atoms with van der Waals surface area (Å²) in [6.45, 7) is 8.58. The molecule has 1 aliphatic rings. The summed E-state index contributed by atoms with van der Waals surface area (Å²) >= 11 is 0. The zero-order valence-corrected chi connectivity index (χ0v) is 17.8. The van der Waals surface area contributed by atoms with Gasteiger partial charge in [0.15, 0.2) is 5.96 Å². The number of nitrogens with zero attached hydrogens (tertiary/aromatic N) is 2. The van der Waals surface area contributed by atoms with Crippen molar-refractivity contribution >= 4 is 23.2 Å². The van der Waals surface area contributed by atoms with Gasteiger partial charge >= 0.3 is 0 Å². The van der Waals surface area contributed by atoms with E-state index in [1.807, 2.05) is 36.4 Å². The number of carbonyl (C=O) groups excluding carboxylic acids is 1. The number of nitrogens with two attached hydrogens (primary N) is 1. The molecule has 7 nitrogen and oxygen atoms in total. The Labute approximate surface area is 178 Å². The lowest BCUT2D eigenvalue weighted by Crippen LogP contribution is -2.38. The van der Waals surface area contributed by atoms with E-state index in [-0.39, 0.29) is 5.91 Å². The van der Waals surface area contributed by atoms with Crippen molar-refractivity contribution in [2.24, 2.45) is 10.7 Å². The SMILES string of the molecule is Cc1ccc(NC(N)=NCc2cccc(NC(=O)CCN3CCOCC3)c2)cc1C. The summed E-state index contributed by atoms with van der Waals surface area (Å²) in [4.78, 5) is 18.9. The first-order chi connectivity index (χ1) is 14.5. The summed E-state index contributed by atoms with van der Waals surface area (Å²) in [5, 5.41) is 6.09. The third-order valence-electron chi connectivity index (χ3n) is 5.18. The third kappa shape index (κ3) is 6.86. The highest BCUT2D eigenvalue weighted by atomic mass is 16.5. The number of rotatable bonds is 7. The maximum absolute atomic E-state index is 12.3. The minimum Gasteiger partial charge on any atom is -0.379 e. The standard InChI is InChI=1S/C23H31N5O2/c1-17-6-7-21(14-18(17)2)27-23(24)25-16-19-4-3-5-20(15-19)26-22(29)8-9-28-10-12-30-13-11-28/h3-7,14-15H,8-13,16H2,1-2H3,(H,26,29)(H3,24,25,27). The summed E-state index contributed by atoms with van der Waals surface area (Å²) in [5.74, 6) is 0.372. The quantitative estimate of drug-likeness (QED) is 0.483. The van der Waals surface area contributed by atoms with E-state index in [2.05, 4.69) is 40.4 Å². The summed E-state index contributed by atoms with van der Waals surface area (Å²) in [6, 6.07) is 13.8. The highest BCUT2D eigenvalue weighted by Gasteiger charge is 2.12. The molecule has 3 rings (SSSR count). The average Bonchev–Trinajstić information content (AvgIpc) is 2.74. The van der Waals surface area contributed by atoms with Gasteiger partial charge in [-0.1, -0.05) is 18.2 Å². The lowest BCUT2D eigenvalue weighted by Gasteiger charge is -2.26. The fourth-order valence-corrected chi connectivity index (χ4v) is 3.24. The van der Waals surface area contributed by atoms with Crippen molar-refractivity contribution < 1.29 is 9.53 Å². The van der Waals surface area contributed by atoms with Crippen LogP contribution in [-0.4, -0.2) is 49.6 Å². The summed E-state index contributed by atoms with van der Waals surface area (Å²) in [7, 11) is 0. The fraction of sp³-hybridized carbons (Fsp3) is 0.391. The second-order valence-corrected chi connectivity index (χ2v) is 7.58. The van der Waals surface area contributed by atoms with Crippen LogP contribution in [0, 0.1) is 13.8 Å². The monoisotopic (exact) mass is 409 g/mol. The van der Waals surface area contributed by atoms with Gasteiger partial charge in [-0.25, -0.2) is 4.99 Å². The van der Waals surface area contributed by atoms with Crippen LogP contribution in [0.2, 0.25) is 0 Å². The van der Waals surface area contributed by atoms with Crippen LogP contribution in [0.1, 0.15) is 23.1 Å². The van der Waals surface area contributed by atoms with E-state index in [0.29, 0.717) is 18.9 Å². The van der Waals surface area contributed by atoms with Gasteiger partial charge in [-0.15, -0.1) is 0 Å². The van der Waals surface area contributed by atoms with E-state index in [1.54, 1.807) is 0 Å². The molecule has 4 N–H and O–H groups in total. The molecule has 0 spiro atoms. The van der Waals surface area contributed by atoms with Crippen LogP contribution in [0.4, 0.5) is 11.4 Å². The largest absolute Gasteiger partial charge is 0.379 e. The maximum atomic E-state index is 12.3. The van der Waals surface area contributed by atoms with Gasteiger partial charge in [0.1, 0.15) is 0 Å². The smallest absolute Gasteiger partial charge is 0.225 e. The zero-order chi connectivity index (χ0) is 21.3. The number of nitrogens with one attached hydrogen (secondary N) is 2. The van der Waals surface area contributed by atoms with Gasteiger partial charge in [0.2, 0.25) is 5.91 Å². The summed E-state index contributed by atoms with van der Waals surface area (Å²) < 4.78 is 5.33. The first kappa shape index (κ1) is 21.8. The number of aliphatic imine (C=N–C) groups is 1. The van der Waals surface area contributed by atoms with Crippen LogP contribution in [0.25, 0.3) is 0 Å². The number of guanidine groups is 1. The van der Waals surface area contributed by atoms with Crippen LogP contribution < -0.4 is 16.4 Å². The van der Waals surface area contributed by atoms with Crippen LogP contribution >= 0.6 is 0 Å². The number of carbonyl (C=O) groups is 1. The van der Waals surface area contributed by atoms with Crippen molar-refractivity contribution in [2.75, 3.05) is 43.5 Å². The van der Waals surface area contributed by atoms with Crippen molar-refractivity contribution in [1.82, 2.24) is 4.90 Å². The Morgan fingerprint density at radius 2 is 1.83 bits per heavy atom. The minimum absolute atomic E-state index is 0.0121. The Bertz CT molecular complexity index is 891. The van der Waals surface area contributed by atoms with E-state index in [9.17, 15) is 4.79 Å². The van der Waals surface area contributed by atoms with E-state index < -0.39 is 0 Å². The third-order valence-corrected chi connectivity index (χ3v) is 5.18. The molecule has 0 radical (unpaired) electrons.